The molecule has 1 atom stereocenters. The molecule has 2 aromatic carbocycles. The topological polar surface area (TPSA) is 18.5 Å². The van der Waals surface area contributed by atoms with Gasteiger partial charge in [-0.1, -0.05) is 36.4 Å². The molecule has 0 aromatic heterocycles. The molecule has 1 aliphatic heterocycles. The molecule has 1 heterocycles. The highest BCUT2D eigenvalue weighted by Gasteiger charge is 2.16. The standard InChI is InChI=1S/C16H14O2/c1-17-14-9-7-13-8-10-15(18-16(13)11-14)12-5-3-2-4-6-12/h2-11,15H,1H3/t15-/m0/s1. The van der Waals surface area contributed by atoms with Crippen LogP contribution in [0.5, 0.6) is 11.5 Å². The molecule has 0 saturated carbocycles. The van der Waals surface area contributed by atoms with Crippen molar-refractivity contribution in [2.45, 2.75) is 6.10 Å². The molecule has 1 aliphatic rings. The van der Waals surface area contributed by atoms with Crippen LogP contribution < -0.4 is 9.47 Å². The average molecular weight is 238 g/mol. The van der Waals surface area contributed by atoms with Crippen molar-refractivity contribution in [1.29, 1.82) is 0 Å². The van der Waals surface area contributed by atoms with Gasteiger partial charge < -0.3 is 9.47 Å². The van der Waals surface area contributed by atoms with Crippen molar-refractivity contribution < 1.29 is 9.47 Å². The molecule has 0 unspecified atom stereocenters. The summed E-state index contributed by atoms with van der Waals surface area (Å²) in [6.45, 7) is 0. The third-order valence-corrected chi connectivity index (χ3v) is 3.05. The fourth-order valence-corrected chi connectivity index (χ4v) is 2.07. The number of methoxy groups -OCH3 is 1. The first kappa shape index (κ1) is 10.9. The molecule has 0 amide bonds. The maximum absolute atomic E-state index is 5.99. The van der Waals surface area contributed by atoms with E-state index in [0.717, 1.165) is 22.6 Å². The van der Waals surface area contributed by atoms with Gasteiger partial charge in [0, 0.05) is 11.6 Å². The monoisotopic (exact) mass is 238 g/mol. The van der Waals surface area contributed by atoms with E-state index in [2.05, 4.69) is 24.3 Å². The number of fused-ring (bicyclic) bond motifs is 1. The zero-order valence-corrected chi connectivity index (χ0v) is 10.2. The molecule has 0 N–H and O–H groups in total. The lowest BCUT2D eigenvalue weighted by molar-refractivity contribution is 0.250. The van der Waals surface area contributed by atoms with Gasteiger partial charge in [0.1, 0.15) is 17.6 Å². The van der Waals surface area contributed by atoms with E-state index >= 15 is 0 Å². The molecule has 0 fully saturated rings. The number of ether oxygens (including phenoxy) is 2. The first-order valence-corrected chi connectivity index (χ1v) is 5.94. The van der Waals surface area contributed by atoms with Crippen LogP contribution in [-0.4, -0.2) is 7.11 Å². The largest absolute Gasteiger partial charge is 0.497 e. The van der Waals surface area contributed by atoms with E-state index in [1.165, 1.54) is 0 Å². The number of hydrogen-bond donors (Lipinski definition) is 0. The third kappa shape index (κ3) is 1.97. The Morgan fingerprint density at radius 1 is 1.06 bits per heavy atom. The summed E-state index contributed by atoms with van der Waals surface area (Å²) in [5, 5.41) is 0. The van der Waals surface area contributed by atoms with E-state index in [4.69, 9.17) is 9.47 Å². The van der Waals surface area contributed by atoms with Crippen LogP contribution in [-0.2, 0) is 0 Å². The Hall–Kier alpha value is -2.22. The Morgan fingerprint density at radius 3 is 2.67 bits per heavy atom. The van der Waals surface area contributed by atoms with Crippen molar-refractivity contribution in [1.82, 2.24) is 0 Å². The van der Waals surface area contributed by atoms with Gasteiger partial charge in [-0.05, 0) is 23.8 Å². The van der Waals surface area contributed by atoms with Gasteiger partial charge in [0.25, 0.3) is 0 Å². The second kappa shape index (κ2) is 4.57. The molecule has 18 heavy (non-hydrogen) atoms. The van der Waals surface area contributed by atoms with E-state index < -0.39 is 0 Å². The van der Waals surface area contributed by atoms with Crippen LogP contribution in [0.3, 0.4) is 0 Å². The second-order valence-electron chi connectivity index (χ2n) is 4.21. The molecular formula is C16H14O2. The number of benzene rings is 2. The fraction of sp³-hybridized carbons (Fsp3) is 0.125. The van der Waals surface area contributed by atoms with Crippen LogP contribution in [0.15, 0.2) is 54.6 Å². The van der Waals surface area contributed by atoms with Crippen molar-refractivity contribution in [2.24, 2.45) is 0 Å². The van der Waals surface area contributed by atoms with Crippen LogP contribution >= 0.6 is 0 Å². The summed E-state index contributed by atoms with van der Waals surface area (Å²) in [7, 11) is 1.66. The highest BCUT2D eigenvalue weighted by Crippen LogP contribution is 2.34. The molecule has 0 aliphatic carbocycles. The quantitative estimate of drug-likeness (QED) is 0.791. The first-order chi connectivity index (χ1) is 8.86. The smallest absolute Gasteiger partial charge is 0.142 e. The molecule has 90 valence electrons. The lowest BCUT2D eigenvalue weighted by Crippen LogP contribution is -2.08. The average Bonchev–Trinajstić information content (AvgIpc) is 2.47. The number of rotatable bonds is 2. The van der Waals surface area contributed by atoms with Crippen LogP contribution in [0.1, 0.15) is 17.2 Å². The minimum atomic E-state index is -0.0224. The van der Waals surface area contributed by atoms with Crippen molar-refractivity contribution in [2.75, 3.05) is 7.11 Å². The Labute approximate surface area is 106 Å². The molecule has 0 saturated heterocycles. The molecule has 3 rings (SSSR count). The maximum atomic E-state index is 5.99. The van der Waals surface area contributed by atoms with Gasteiger partial charge in [-0.3, -0.25) is 0 Å². The lowest BCUT2D eigenvalue weighted by Gasteiger charge is -2.22. The Morgan fingerprint density at radius 2 is 1.89 bits per heavy atom. The highest BCUT2D eigenvalue weighted by atomic mass is 16.5. The van der Waals surface area contributed by atoms with Gasteiger partial charge in [-0.15, -0.1) is 0 Å². The van der Waals surface area contributed by atoms with Crippen LogP contribution in [0.25, 0.3) is 6.08 Å². The molecule has 2 heteroatoms. The summed E-state index contributed by atoms with van der Waals surface area (Å²) in [5.74, 6) is 1.68. The highest BCUT2D eigenvalue weighted by molar-refractivity contribution is 5.62. The SMILES string of the molecule is COc1ccc2c(c1)O[C@H](c1ccccc1)C=C2. The molecule has 0 bridgehead atoms. The van der Waals surface area contributed by atoms with Crippen molar-refractivity contribution in [3.05, 3.63) is 65.7 Å². The fourth-order valence-electron chi connectivity index (χ4n) is 2.07. The Bertz CT molecular complexity index is 573. The van der Waals surface area contributed by atoms with Gasteiger partial charge in [-0.2, -0.15) is 0 Å². The van der Waals surface area contributed by atoms with Gasteiger partial charge in [0.15, 0.2) is 0 Å². The molecule has 0 spiro atoms. The van der Waals surface area contributed by atoms with E-state index in [1.54, 1.807) is 7.11 Å². The van der Waals surface area contributed by atoms with Crippen molar-refractivity contribution >= 4 is 6.08 Å². The lowest BCUT2D eigenvalue weighted by atomic mass is 10.0. The second-order valence-corrected chi connectivity index (χ2v) is 4.21. The van der Waals surface area contributed by atoms with Crippen molar-refractivity contribution in [3.8, 4) is 11.5 Å². The summed E-state index contributed by atoms with van der Waals surface area (Å²) in [4.78, 5) is 0. The van der Waals surface area contributed by atoms with Gasteiger partial charge in [-0.25, -0.2) is 0 Å². The predicted molar refractivity (Wildman–Crippen MR) is 71.8 cm³/mol. The van der Waals surface area contributed by atoms with E-state index in [9.17, 15) is 0 Å². The molecular weight excluding hydrogens is 224 g/mol. The van der Waals surface area contributed by atoms with Crippen LogP contribution in [0, 0.1) is 0 Å². The zero-order valence-electron chi connectivity index (χ0n) is 10.2. The predicted octanol–water partition coefficient (Wildman–Crippen LogP) is 3.84. The van der Waals surface area contributed by atoms with Crippen LogP contribution in [0.4, 0.5) is 0 Å². The molecule has 0 radical (unpaired) electrons. The Kier molecular flexibility index (Phi) is 2.77. The molecule has 2 nitrogen and oxygen atoms in total. The summed E-state index contributed by atoms with van der Waals surface area (Å²) < 4.78 is 11.2. The van der Waals surface area contributed by atoms with Gasteiger partial charge >= 0.3 is 0 Å². The van der Waals surface area contributed by atoms with Crippen LogP contribution in [0.2, 0.25) is 0 Å². The minimum Gasteiger partial charge on any atom is -0.497 e. The zero-order chi connectivity index (χ0) is 12.4. The van der Waals surface area contributed by atoms with Gasteiger partial charge in [0.2, 0.25) is 0 Å². The van der Waals surface area contributed by atoms with E-state index in [-0.39, 0.29) is 6.10 Å². The summed E-state index contributed by atoms with van der Waals surface area (Å²) >= 11 is 0. The molecule has 2 aromatic rings. The summed E-state index contributed by atoms with van der Waals surface area (Å²) in [6, 6.07) is 16.1. The summed E-state index contributed by atoms with van der Waals surface area (Å²) in [6.07, 6.45) is 4.14. The minimum absolute atomic E-state index is 0.0224. The van der Waals surface area contributed by atoms with E-state index in [1.807, 2.05) is 36.4 Å². The van der Waals surface area contributed by atoms with Gasteiger partial charge in [0.05, 0.1) is 7.11 Å². The third-order valence-electron chi connectivity index (χ3n) is 3.05. The summed E-state index contributed by atoms with van der Waals surface area (Å²) in [5.41, 5.74) is 2.24. The maximum Gasteiger partial charge on any atom is 0.142 e. The van der Waals surface area contributed by atoms with E-state index in [0.29, 0.717) is 0 Å². The first-order valence-electron chi connectivity index (χ1n) is 5.94. The van der Waals surface area contributed by atoms with Crippen molar-refractivity contribution in [3.63, 3.8) is 0 Å². The normalized spacial score (nSPS) is 16.8. The Balaban J connectivity index is 1.93. The number of hydrogen-bond acceptors (Lipinski definition) is 2.